The van der Waals surface area contributed by atoms with Gasteiger partial charge in [0.2, 0.25) is 0 Å². The summed E-state index contributed by atoms with van der Waals surface area (Å²) in [5, 5.41) is 0. The van der Waals surface area contributed by atoms with Crippen molar-refractivity contribution in [2.75, 3.05) is 0 Å². The van der Waals surface area contributed by atoms with Gasteiger partial charge in [-0.3, -0.25) is 0 Å². The second kappa shape index (κ2) is 5.08. The maximum Gasteiger partial charge on any atom is 0.120 e. The summed E-state index contributed by atoms with van der Waals surface area (Å²) in [5.41, 5.74) is 5.34. The highest BCUT2D eigenvalue weighted by Gasteiger charge is 2.23. The number of benzene rings is 2. The number of hydrogen-bond donors (Lipinski definition) is 0. The van der Waals surface area contributed by atoms with Gasteiger partial charge in [-0.25, -0.2) is 0 Å². The van der Waals surface area contributed by atoms with Crippen LogP contribution < -0.4 is 4.74 Å². The predicted octanol–water partition coefficient (Wildman–Crippen LogP) is 4.76. The van der Waals surface area contributed by atoms with Crippen LogP contribution >= 0.6 is 0 Å². The van der Waals surface area contributed by atoms with Crippen molar-refractivity contribution in [3.63, 3.8) is 0 Å². The molecule has 1 aliphatic carbocycles. The van der Waals surface area contributed by atoms with E-state index >= 15 is 0 Å². The molecule has 2 aromatic rings. The Bertz CT molecular complexity index is 562. The van der Waals surface area contributed by atoms with Gasteiger partial charge in [-0.1, -0.05) is 30.3 Å². The third-order valence-electron chi connectivity index (χ3n) is 3.93. The van der Waals surface area contributed by atoms with E-state index in [1.165, 1.54) is 35.1 Å². The van der Waals surface area contributed by atoms with Gasteiger partial charge in [0.05, 0.1) is 0 Å². The Morgan fingerprint density at radius 3 is 2.37 bits per heavy atom. The zero-order chi connectivity index (χ0) is 13.2. The smallest absolute Gasteiger partial charge is 0.120 e. The summed E-state index contributed by atoms with van der Waals surface area (Å²) in [6.07, 6.45) is 2.67. The van der Waals surface area contributed by atoms with Crippen molar-refractivity contribution < 1.29 is 4.74 Å². The van der Waals surface area contributed by atoms with Crippen LogP contribution in [0.15, 0.2) is 42.5 Å². The van der Waals surface area contributed by atoms with Gasteiger partial charge in [0.1, 0.15) is 12.4 Å². The standard InChI is InChI=1S/C18H20O/c1-13-5-3-6-14(2)18(13)12-19-17-8-4-7-16(11-17)15-9-10-15/h3-8,11,15H,9-10,12H2,1-2H3. The van der Waals surface area contributed by atoms with E-state index in [1.54, 1.807) is 0 Å². The molecule has 0 N–H and O–H groups in total. The van der Waals surface area contributed by atoms with Crippen LogP contribution in [0.2, 0.25) is 0 Å². The second-order valence-electron chi connectivity index (χ2n) is 5.51. The van der Waals surface area contributed by atoms with Crippen LogP contribution in [-0.2, 0) is 6.61 Å². The average molecular weight is 252 g/mol. The third kappa shape index (κ3) is 2.81. The molecular formula is C18H20O. The Labute approximate surface area is 115 Å². The molecule has 0 unspecified atom stereocenters. The molecule has 0 bridgehead atoms. The lowest BCUT2D eigenvalue weighted by atomic mass is 10.0. The molecule has 0 aliphatic heterocycles. The van der Waals surface area contributed by atoms with E-state index in [-0.39, 0.29) is 0 Å². The summed E-state index contributed by atoms with van der Waals surface area (Å²) in [5.74, 6) is 1.77. The van der Waals surface area contributed by atoms with Crippen molar-refractivity contribution in [1.29, 1.82) is 0 Å². The molecular weight excluding hydrogens is 232 g/mol. The quantitative estimate of drug-likeness (QED) is 0.762. The Morgan fingerprint density at radius 1 is 1.00 bits per heavy atom. The summed E-state index contributed by atoms with van der Waals surface area (Å²) < 4.78 is 5.97. The van der Waals surface area contributed by atoms with Crippen molar-refractivity contribution in [3.8, 4) is 5.75 Å². The molecule has 0 atom stereocenters. The highest BCUT2D eigenvalue weighted by atomic mass is 16.5. The molecule has 0 spiro atoms. The molecule has 98 valence electrons. The van der Waals surface area contributed by atoms with Gasteiger partial charge in [0.15, 0.2) is 0 Å². The minimum atomic E-state index is 0.659. The fourth-order valence-electron chi connectivity index (χ4n) is 2.51. The second-order valence-corrected chi connectivity index (χ2v) is 5.51. The maximum atomic E-state index is 5.97. The first-order valence-electron chi connectivity index (χ1n) is 7.02. The van der Waals surface area contributed by atoms with Crippen LogP contribution in [-0.4, -0.2) is 0 Å². The molecule has 0 radical (unpaired) electrons. The number of ether oxygens (including phenoxy) is 1. The zero-order valence-electron chi connectivity index (χ0n) is 11.6. The first kappa shape index (κ1) is 12.3. The van der Waals surface area contributed by atoms with Crippen LogP contribution in [0.4, 0.5) is 0 Å². The average Bonchev–Trinajstić information content (AvgIpc) is 3.23. The van der Waals surface area contributed by atoms with Gasteiger partial charge in [-0.05, 0) is 67.0 Å². The van der Waals surface area contributed by atoms with Gasteiger partial charge >= 0.3 is 0 Å². The molecule has 1 saturated carbocycles. The Morgan fingerprint density at radius 2 is 1.68 bits per heavy atom. The molecule has 0 heterocycles. The summed E-state index contributed by atoms with van der Waals surface area (Å²) >= 11 is 0. The Kier molecular flexibility index (Phi) is 3.29. The number of aryl methyl sites for hydroxylation is 2. The molecule has 2 aromatic carbocycles. The van der Waals surface area contributed by atoms with E-state index in [0.29, 0.717) is 6.61 Å². The first-order chi connectivity index (χ1) is 9.24. The fraction of sp³-hybridized carbons (Fsp3) is 0.333. The lowest BCUT2D eigenvalue weighted by Crippen LogP contribution is -2.00. The Balaban J connectivity index is 1.73. The van der Waals surface area contributed by atoms with Crippen LogP contribution in [0.3, 0.4) is 0 Å². The van der Waals surface area contributed by atoms with Crippen molar-refractivity contribution in [3.05, 3.63) is 64.7 Å². The number of rotatable bonds is 4. The molecule has 0 saturated heterocycles. The monoisotopic (exact) mass is 252 g/mol. The van der Waals surface area contributed by atoms with Crippen molar-refractivity contribution in [2.24, 2.45) is 0 Å². The van der Waals surface area contributed by atoms with Crippen molar-refractivity contribution in [1.82, 2.24) is 0 Å². The van der Waals surface area contributed by atoms with E-state index < -0.39 is 0 Å². The normalized spacial score (nSPS) is 14.4. The van der Waals surface area contributed by atoms with E-state index in [2.05, 4.69) is 56.3 Å². The zero-order valence-corrected chi connectivity index (χ0v) is 11.6. The molecule has 0 amide bonds. The summed E-state index contributed by atoms with van der Waals surface area (Å²) in [6.45, 7) is 4.95. The van der Waals surface area contributed by atoms with Gasteiger partial charge in [0, 0.05) is 0 Å². The molecule has 1 aliphatic rings. The summed E-state index contributed by atoms with van der Waals surface area (Å²) in [7, 11) is 0. The van der Waals surface area contributed by atoms with Gasteiger partial charge in [-0.2, -0.15) is 0 Å². The largest absolute Gasteiger partial charge is 0.489 e. The lowest BCUT2D eigenvalue weighted by molar-refractivity contribution is 0.304. The highest BCUT2D eigenvalue weighted by Crippen LogP contribution is 2.41. The summed E-state index contributed by atoms with van der Waals surface area (Å²) in [6, 6.07) is 15.0. The van der Waals surface area contributed by atoms with Crippen LogP contribution in [0.5, 0.6) is 5.75 Å². The maximum absolute atomic E-state index is 5.97. The van der Waals surface area contributed by atoms with Crippen molar-refractivity contribution >= 4 is 0 Å². The van der Waals surface area contributed by atoms with Gasteiger partial charge in [-0.15, -0.1) is 0 Å². The topological polar surface area (TPSA) is 9.23 Å². The van der Waals surface area contributed by atoms with Crippen LogP contribution in [0.25, 0.3) is 0 Å². The predicted molar refractivity (Wildman–Crippen MR) is 78.7 cm³/mol. The number of hydrogen-bond acceptors (Lipinski definition) is 1. The van der Waals surface area contributed by atoms with E-state index in [1.807, 2.05) is 0 Å². The third-order valence-corrected chi connectivity index (χ3v) is 3.93. The fourth-order valence-corrected chi connectivity index (χ4v) is 2.51. The minimum Gasteiger partial charge on any atom is -0.489 e. The molecule has 3 rings (SSSR count). The molecule has 19 heavy (non-hydrogen) atoms. The first-order valence-corrected chi connectivity index (χ1v) is 7.02. The van der Waals surface area contributed by atoms with E-state index in [0.717, 1.165) is 11.7 Å². The van der Waals surface area contributed by atoms with Crippen molar-refractivity contribution in [2.45, 2.75) is 39.2 Å². The SMILES string of the molecule is Cc1cccc(C)c1COc1cccc(C2CC2)c1. The lowest BCUT2D eigenvalue weighted by Gasteiger charge is -2.12. The summed E-state index contributed by atoms with van der Waals surface area (Å²) in [4.78, 5) is 0. The van der Waals surface area contributed by atoms with Gasteiger partial charge in [0.25, 0.3) is 0 Å². The highest BCUT2D eigenvalue weighted by molar-refractivity contribution is 5.35. The van der Waals surface area contributed by atoms with Crippen LogP contribution in [0.1, 0.15) is 41.0 Å². The molecule has 1 fully saturated rings. The van der Waals surface area contributed by atoms with Gasteiger partial charge < -0.3 is 4.74 Å². The molecule has 1 nitrogen and oxygen atoms in total. The molecule has 0 aromatic heterocycles. The Hall–Kier alpha value is -1.76. The van der Waals surface area contributed by atoms with Crippen LogP contribution in [0, 0.1) is 13.8 Å². The van der Waals surface area contributed by atoms with E-state index in [4.69, 9.17) is 4.74 Å². The van der Waals surface area contributed by atoms with E-state index in [9.17, 15) is 0 Å². The minimum absolute atomic E-state index is 0.659. The molecule has 1 heteroatoms.